The minimum atomic E-state index is -0.243. The lowest BCUT2D eigenvalue weighted by atomic mass is 10.0. The Bertz CT molecular complexity index is 1110. The predicted molar refractivity (Wildman–Crippen MR) is 113 cm³/mol. The first-order chi connectivity index (χ1) is 13.4. The standard InChI is InChI=1S/C23H24N2O3/c1-14-9-18-12-19(23(27)25-21(18)10-15(14)2)13-24-22(26)11-16(3)17-5-7-20(28-4)8-6-17/h5-12H,13H2,1-4H3,(H,24,26)(H,25,27)/b16-11+. The number of benzene rings is 2. The topological polar surface area (TPSA) is 71.2 Å². The van der Waals surface area contributed by atoms with Crippen LogP contribution in [0.25, 0.3) is 16.5 Å². The fraction of sp³-hybridized carbons (Fsp3) is 0.217. The number of nitrogens with one attached hydrogen (secondary N) is 2. The molecule has 0 saturated heterocycles. The molecule has 28 heavy (non-hydrogen) atoms. The van der Waals surface area contributed by atoms with Gasteiger partial charge in [0.1, 0.15) is 5.75 Å². The number of H-pyrrole nitrogens is 1. The highest BCUT2D eigenvalue weighted by Crippen LogP contribution is 2.19. The summed E-state index contributed by atoms with van der Waals surface area (Å²) in [5.74, 6) is 0.523. The highest BCUT2D eigenvalue weighted by atomic mass is 16.5. The molecule has 0 aliphatic carbocycles. The van der Waals surface area contributed by atoms with Gasteiger partial charge in [0, 0.05) is 23.7 Å². The monoisotopic (exact) mass is 376 g/mol. The first-order valence-electron chi connectivity index (χ1n) is 9.11. The summed E-state index contributed by atoms with van der Waals surface area (Å²) in [6.07, 6.45) is 1.53. The molecule has 0 saturated carbocycles. The fourth-order valence-electron chi connectivity index (χ4n) is 3.02. The first kappa shape index (κ1) is 19.4. The zero-order chi connectivity index (χ0) is 20.3. The Labute approximate surface area is 164 Å². The smallest absolute Gasteiger partial charge is 0.253 e. The molecular formula is C23H24N2O3. The molecule has 0 fully saturated rings. The van der Waals surface area contributed by atoms with Gasteiger partial charge in [-0.15, -0.1) is 0 Å². The number of pyridine rings is 1. The summed E-state index contributed by atoms with van der Waals surface area (Å²) in [5.41, 5.74) is 5.20. The molecule has 0 bridgehead atoms. The fourth-order valence-corrected chi connectivity index (χ4v) is 3.02. The molecule has 0 aliphatic heterocycles. The highest BCUT2D eigenvalue weighted by molar-refractivity contribution is 5.94. The maximum Gasteiger partial charge on any atom is 0.253 e. The van der Waals surface area contributed by atoms with Crippen LogP contribution >= 0.6 is 0 Å². The number of hydrogen-bond donors (Lipinski definition) is 2. The highest BCUT2D eigenvalue weighted by Gasteiger charge is 2.07. The van der Waals surface area contributed by atoms with Gasteiger partial charge in [0.15, 0.2) is 0 Å². The quantitative estimate of drug-likeness (QED) is 0.664. The predicted octanol–water partition coefficient (Wildman–Crippen LogP) is 3.87. The van der Waals surface area contributed by atoms with E-state index in [1.165, 1.54) is 6.08 Å². The van der Waals surface area contributed by atoms with Crippen LogP contribution in [0.15, 0.2) is 53.3 Å². The lowest BCUT2D eigenvalue weighted by Crippen LogP contribution is -2.25. The largest absolute Gasteiger partial charge is 0.497 e. The van der Waals surface area contributed by atoms with Crippen LogP contribution in [0.1, 0.15) is 29.2 Å². The second-order valence-corrected chi connectivity index (χ2v) is 6.92. The Hall–Kier alpha value is -3.34. The Morgan fingerprint density at radius 1 is 1.11 bits per heavy atom. The number of aryl methyl sites for hydroxylation is 2. The van der Waals surface area contributed by atoms with Crippen LogP contribution in [-0.4, -0.2) is 18.0 Å². The summed E-state index contributed by atoms with van der Waals surface area (Å²) in [7, 11) is 1.61. The molecule has 1 heterocycles. The van der Waals surface area contributed by atoms with Crippen LogP contribution in [0, 0.1) is 13.8 Å². The average Bonchev–Trinajstić information content (AvgIpc) is 2.68. The molecule has 0 spiro atoms. The lowest BCUT2D eigenvalue weighted by Gasteiger charge is -2.08. The van der Waals surface area contributed by atoms with Crippen molar-refractivity contribution in [1.82, 2.24) is 10.3 Å². The Balaban J connectivity index is 1.73. The van der Waals surface area contributed by atoms with Crippen molar-refractivity contribution in [3.05, 3.63) is 81.1 Å². The molecule has 5 heteroatoms. The maximum atomic E-state index is 12.3. The van der Waals surface area contributed by atoms with E-state index in [0.29, 0.717) is 5.56 Å². The summed E-state index contributed by atoms with van der Waals surface area (Å²) in [4.78, 5) is 27.5. The SMILES string of the molecule is COc1ccc(/C(C)=C/C(=O)NCc2cc3cc(C)c(C)cc3[nH]c2=O)cc1. The van der Waals surface area contributed by atoms with Gasteiger partial charge >= 0.3 is 0 Å². The Morgan fingerprint density at radius 2 is 1.79 bits per heavy atom. The van der Waals surface area contributed by atoms with Crippen molar-refractivity contribution in [3.63, 3.8) is 0 Å². The van der Waals surface area contributed by atoms with E-state index in [1.807, 2.05) is 63.2 Å². The summed E-state index contributed by atoms with van der Waals surface area (Å²) in [6.45, 7) is 6.09. The third-order valence-electron chi connectivity index (χ3n) is 4.88. The van der Waals surface area contributed by atoms with Crippen molar-refractivity contribution >= 4 is 22.4 Å². The van der Waals surface area contributed by atoms with E-state index in [2.05, 4.69) is 10.3 Å². The van der Waals surface area contributed by atoms with E-state index in [9.17, 15) is 9.59 Å². The van der Waals surface area contributed by atoms with Gasteiger partial charge in [-0.05, 0) is 78.8 Å². The molecule has 2 N–H and O–H groups in total. The Morgan fingerprint density at radius 3 is 2.46 bits per heavy atom. The molecule has 144 valence electrons. The summed E-state index contributed by atoms with van der Waals surface area (Å²) >= 11 is 0. The number of hydrogen-bond acceptors (Lipinski definition) is 3. The van der Waals surface area contributed by atoms with Crippen molar-refractivity contribution in [2.45, 2.75) is 27.3 Å². The van der Waals surface area contributed by atoms with E-state index in [-0.39, 0.29) is 18.0 Å². The van der Waals surface area contributed by atoms with Crippen LogP contribution in [0.3, 0.4) is 0 Å². The third kappa shape index (κ3) is 4.31. The molecule has 1 aromatic heterocycles. The second kappa shape index (κ2) is 8.13. The minimum Gasteiger partial charge on any atom is -0.497 e. The molecule has 0 radical (unpaired) electrons. The minimum absolute atomic E-state index is 0.170. The van der Waals surface area contributed by atoms with Crippen molar-refractivity contribution in [1.29, 1.82) is 0 Å². The number of rotatable bonds is 5. The Kier molecular flexibility index (Phi) is 5.64. The number of methoxy groups -OCH3 is 1. The van der Waals surface area contributed by atoms with Crippen LogP contribution in [-0.2, 0) is 11.3 Å². The van der Waals surface area contributed by atoms with E-state index in [4.69, 9.17) is 4.74 Å². The number of amides is 1. The molecular weight excluding hydrogens is 352 g/mol. The maximum absolute atomic E-state index is 12.3. The van der Waals surface area contributed by atoms with E-state index in [1.54, 1.807) is 7.11 Å². The number of carbonyl (C=O) groups excluding carboxylic acids is 1. The van der Waals surface area contributed by atoms with Crippen molar-refractivity contribution in [2.75, 3.05) is 7.11 Å². The van der Waals surface area contributed by atoms with Gasteiger partial charge < -0.3 is 15.0 Å². The van der Waals surface area contributed by atoms with Gasteiger partial charge in [0.25, 0.3) is 5.56 Å². The van der Waals surface area contributed by atoms with Gasteiger partial charge in [-0.3, -0.25) is 9.59 Å². The van der Waals surface area contributed by atoms with E-state index in [0.717, 1.165) is 38.9 Å². The molecule has 3 rings (SSSR count). The van der Waals surface area contributed by atoms with Crippen LogP contribution in [0.2, 0.25) is 0 Å². The van der Waals surface area contributed by atoms with E-state index >= 15 is 0 Å². The van der Waals surface area contributed by atoms with Crippen molar-refractivity contribution in [2.24, 2.45) is 0 Å². The molecule has 5 nitrogen and oxygen atoms in total. The summed E-state index contributed by atoms with van der Waals surface area (Å²) in [6, 6.07) is 13.3. The number of ether oxygens (including phenoxy) is 1. The van der Waals surface area contributed by atoms with Gasteiger partial charge in [0.2, 0.25) is 5.91 Å². The molecule has 3 aromatic rings. The van der Waals surface area contributed by atoms with Gasteiger partial charge in [-0.2, -0.15) is 0 Å². The molecule has 2 aromatic carbocycles. The molecule has 1 amide bonds. The van der Waals surface area contributed by atoms with Crippen molar-refractivity contribution < 1.29 is 9.53 Å². The third-order valence-corrected chi connectivity index (χ3v) is 4.88. The number of aromatic amines is 1. The van der Waals surface area contributed by atoms with E-state index < -0.39 is 0 Å². The van der Waals surface area contributed by atoms with Crippen LogP contribution in [0.5, 0.6) is 5.75 Å². The van der Waals surface area contributed by atoms with Gasteiger partial charge in [-0.1, -0.05) is 12.1 Å². The first-order valence-corrected chi connectivity index (χ1v) is 9.11. The second-order valence-electron chi connectivity index (χ2n) is 6.92. The zero-order valence-electron chi connectivity index (χ0n) is 16.6. The molecule has 0 unspecified atom stereocenters. The molecule has 0 aliphatic rings. The summed E-state index contributed by atoms with van der Waals surface area (Å²) < 4.78 is 5.14. The van der Waals surface area contributed by atoms with Crippen LogP contribution < -0.4 is 15.6 Å². The zero-order valence-corrected chi connectivity index (χ0v) is 16.6. The van der Waals surface area contributed by atoms with Crippen molar-refractivity contribution in [3.8, 4) is 5.75 Å². The normalized spacial score (nSPS) is 11.5. The van der Waals surface area contributed by atoms with Gasteiger partial charge in [-0.25, -0.2) is 0 Å². The number of allylic oxidation sites excluding steroid dienone is 1. The average molecular weight is 376 g/mol. The number of aromatic nitrogens is 1. The lowest BCUT2D eigenvalue weighted by molar-refractivity contribution is -0.116. The van der Waals surface area contributed by atoms with Crippen LogP contribution in [0.4, 0.5) is 0 Å². The van der Waals surface area contributed by atoms with Gasteiger partial charge in [0.05, 0.1) is 7.11 Å². The number of fused-ring (bicyclic) bond motifs is 1. The molecule has 0 atom stereocenters. The summed E-state index contributed by atoms with van der Waals surface area (Å²) in [5, 5.41) is 3.75. The number of carbonyl (C=O) groups is 1.